The van der Waals surface area contributed by atoms with Crippen molar-refractivity contribution in [3.8, 4) is 0 Å². The quantitative estimate of drug-likeness (QED) is 0.710. The molecule has 1 atom stereocenters. The van der Waals surface area contributed by atoms with Gasteiger partial charge in [-0.2, -0.15) is 0 Å². The number of allylic oxidation sites excluding steroid dienone is 5. The van der Waals surface area contributed by atoms with Crippen LogP contribution in [0.5, 0.6) is 0 Å². The monoisotopic (exact) mass is 306 g/mol. The van der Waals surface area contributed by atoms with Gasteiger partial charge < -0.3 is 10.2 Å². The van der Waals surface area contributed by atoms with Crippen LogP contribution in [0, 0.1) is 5.92 Å². The summed E-state index contributed by atoms with van der Waals surface area (Å²) in [4.78, 5) is 0. The third-order valence-electron chi connectivity index (χ3n) is 4.77. The molecule has 1 unspecified atom stereocenters. The number of hydrogen-bond donors (Lipinski definition) is 2. The van der Waals surface area contributed by atoms with Gasteiger partial charge in [-0.15, -0.1) is 0 Å². The molecule has 0 fully saturated rings. The number of rotatable bonds is 2. The van der Waals surface area contributed by atoms with Crippen molar-refractivity contribution in [3.05, 3.63) is 34.9 Å². The SMILES string of the molecule is CC1=CCC(C(C)(C)O)CCC(C)=CCCC(CO)=CCC1. The van der Waals surface area contributed by atoms with Crippen molar-refractivity contribution in [3.63, 3.8) is 0 Å². The summed E-state index contributed by atoms with van der Waals surface area (Å²) in [6, 6.07) is 0. The highest BCUT2D eigenvalue weighted by Crippen LogP contribution is 2.28. The summed E-state index contributed by atoms with van der Waals surface area (Å²) in [7, 11) is 0. The Morgan fingerprint density at radius 3 is 2.27 bits per heavy atom. The molecular formula is C20H34O2. The van der Waals surface area contributed by atoms with Gasteiger partial charge in [0.05, 0.1) is 12.2 Å². The molecule has 1 rings (SSSR count). The van der Waals surface area contributed by atoms with Crippen LogP contribution in [0.2, 0.25) is 0 Å². The lowest BCUT2D eigenvalue weighted by Gasteiger charge is -2.29. The van der Waals surface area contributed by atoms with Crippen molar-refractivity contribution in [1.82, 2.24) is 0 Å². The predicted molar refractivity (Wildman–Crippen MR) is 94.8 cm³/mol. The van der Waals surface area contributed by atoms with Crippen LogP contribution in [0.1, 0.15) is 72.6 Å². The first kappa shape index (κ1) is 19.2. The van der Waals surface area contributed by atoms with E-state index in [1.165, 1.54) is 11.1 Å². The molecule has 0 spiro atoms. The Hall–Kier alpha value is -0.860. The van der Waals surface area contributed by atoms with Crippen LogP contribution in [-0.4, -0.2) is 22.4 Å². The Labute approximate surface area is 136 Å². The molecule has 0 bridgehead atoms. The van der Waals surface area contributed by atoms with E-state index >= 15 is 0 Å². The van der Waals surface area contributed by atoms with Gasteiger partial charge in [0.2, 0.25) is 0 Å². The van der Waals surface area contributed by atoms with E-state index in [-0.39, 0.29) is 6.61 Å². The summed E-state index contributed by atoms with van der Waals surface area (Å²) in [5, 5.41) is 19.8. The molecule has 2 N–H and O–H groups in total. The summed E-state index contributed by atoms with van der Waals surface area (Å²) in [5.74, 6) is 0.303. The molecule has 0 aromatic carbocycles. The molecule has 0 aromatic heterocycles. The Kier molecular flexibility index (Phi) is 8.13. The molecule has 0 saturated carbocycles. The van der Waals surface area contributed by atoms with E-state index in [4.69, 9.17) is 0 Å². The molecule has 1 aliphatic rings. The molecule has 0 aromatic rings. The maximum atomic E-state index is 10.4. The molecule has 2 nitrogen and oxygen atoms in total. The summed E-state index contributed by atoms with van der Waals surface area (Å²) in [5.41, 5.74) is 3.30. The van der Waals surface area contributed by atoms with E-state index in [1.54, 1.807) is 0 Å². The molecular weight excluding hydrogens is 272 g/mol. The van der Waals surface area contributed by atoms with Crippen LogP contribution in [0.3, 0.4) is 0 Å². The number of hydrogen-bond acceptors (Lipinski definition) is 2. The molecule has 0 heterocycles. The van der Waals surface area contributed by atoms with E-state index in [9.17, 15) is 10.2 Å². The summed E-state index contributed by atoms with van der Waals surface area (Å²) in [6.45, 7) is 8.39. The minimum absolute atomic E-state index is 0.177. The summed E-state index contributed by atoms with van der Waals surface area (Å²) in [6.07, 6.45) is 13.8. The molecule has 0 amide bonds. The second-order valence-electron chi connectivity index (χ2n) is 7.32. The normalized spacial score (nSPS) is 23.2. The fourth-order valence-electron chi connectivity index (χ4n) is 2.96. The van der Waals surface area contributed by atoms with Crippen LogP contribution in [-0.2, 0) is 0 Å². The molecule has 0 aliphatic heterocycles. The Morgan fingerprint density at radius 1 is 1.00 bits per heavy atom. The maximum Gasteiger partial charge on any atom is 0.0641 e. The zero-order chi connectivity index (χ0) is 16.6. The fraction of sp³-hybridized carbons (Fsp3) is 0.700. The molecule has 2 heteroatoms. The van der Waals surface area contributed by atoms with Crippen molar-refractivity contribution in [2.45, 2.75) is 78.2 Å². The van der Waals surface area contributed by atoms with Gasteiger partial charge in [0.15, 0.2) is 0 Å². The molecule has 0 saturated heterocycles. The summed E-state index contributed by atoms with van der Waals surface area (Å²) < 4.78 is 0. The first-order chi connectivity index (χ1) is 10.3. The van der Waals surface area contributed by atoms with Crippen LogP contribution in [0.25, 0.3) is 0 Å². The van der Waals surface area contributed by atoms with Gasteiger partial charge >= 0.3 is 0 Å². The van der Waals surface area contributed by atoms with Crippen molar-refractivity contribution in [1.29, 1.82) is 0 Å². The van der Waals surface area contributed by atoms with E-state index < -0.39 is 5.60 Å². The topological polar surface area (TPSA) is 40.5 Å². The fourth-order valence-corrected chi connectivity index (χ4v) is 2.96. The third-order valence-corrected chi connectivity index (χ3v) is 4.77. The lowest BCUT2D eigenvalue weighted by atomic mass is 9.83. The molecule has 22 heavy (non-hydrogen) atoms. The standard InChI is InChI=1S/C20H34O2/c1-16-7-5-9-18(15-21)10-6-8-17(2)12-14-19(13-11-16)20(3,4)22/h7,10,12,19,21-22H,5-6,8-9,11,13-15H2,1-4H3. The van der Waals surface area contributed by atoms with E-state index in [0.29, 0.717) is 5.92 Å². The summed E-state index contributed by atoms with van der Waals surface area (Å²) >= 11 is 0. The number of aliphatic hydroxyl groups is 2. The van der Waals surface area contributed by atoms with Gasteiger partial charge in [0.25, 0.3) is 0 Å². The van der Waals surface area contributed by atoms with E-state index in [1.807, 2.05) is 13.8 Å². The first-order valence-corrected chi connectivity index (χ1v) is 8.65. The van der Waals surface area contributed by atoms with Gasteiger partial charge in [0, 0.05) is 0 Å². The Bertz CT molecular complexity index is 421. The second-order valence-corrected chi connectivity index (χ2v) is 7.32. The Balaban J connectivity index is 2.85. The van der Waals surface area contributed by atoms with Gasteiger partial charge in [0.1, 0.15) is 0 Å². The average molecular weight is 306 g/mol. The maximum absolute atomic E-state index is 10.4. The molecule has 1 aliphatic carbocycles. The zero-order valence-electron chi connectivity index (χ0n) is 14.9. The highest BCUT2D eigenvalue weighted by Gasteiger charge is 2.25. The molecule has 126 valence electrons. The number of aliphatic hydroxyl groups excluding tert-OH is 1. The van der Waals surface area contributed by atoms with Crippen molar-refractivity contribution in [2.75, 3.05) is 6.61 Å². The van der Waals surface area contributed by atoms with Gasteiger partial charge in [-0.05, 0) is 84.1 Å². The zero-order valence-corrected chi connectivity index (χ0v) is 14.9. The van der Waals surface area contributed by atoms with E-state index in [2.05, 4.69) is 32.1 Å². The second kappa shape index (κ2) is 9.32. The van der Waals surface area contributed by atoms with Crippen LogP contribution in [0.15, 0.2) is 34.9 Å². The highest BCUT2D eigenvalue weighted by atomic mass is 16.3. The lowest BCUT2D eigenvalue weighted by molar-refractivity contribution is 0.0145. The smallest absolute Gasteiger partial charge is 0.0641 e. The van der Waals surface area contributed by atoms with Gasteiger partial charge in [-0.25, -0.2) is 0 Å². The van der Waals surface area contributed by atoms with Crippen LogP contribution >= 0.6 is 0 Å². The average Bonchev–Trinajstić information content (AvgIpc) is 2.43. The van der Waals surface area contributed by atoms with Gasteiger partial charge in [-0.1, -0.05) is 29.4 Å². The van der Waals surface area contributed by atoms with Crippen molar-refractivity contribution in [2.24, 2.45) is 5.92 Å². The van der Waals surface area contributed by atoms with E-state index in [0.717, 1.165) is 50.5 Å². The predicted octanol–water partition coefficient (Wildman–Crippen LogP) is 4.93. The highest BCUT2D eigenvalue weighted by molar-refractivity contribution is 5.09. The van der Waals surface area contributed by atoms with Crippen LogP contribution in [0.4, 0.5) is 0 Å². The minimum Gasteiger partial charge on any atom is -0.392 e. The lowest BCUT2D eigenvalue weighted by Crippen LogP contribution is -2.30. The Morgan fingerprint density at radius 2 is 1.64 bits per heavy atom. The first-order valence-electron chi connectivity index (χ1n) is 8.65. The minimum atomic E-state index is -0.627. The van der Waals surface area contributed by atoms with Gasteiger partial charge in [-0.3, -0.25) is 0 Å². The van der Waals surface area contributed by atoms with Crippen molar-refractivity contribution < 1.29 is 10.2 Å². The third kappa shape index (κ3) is 7.42. The van der Waals surface area contributed by atoms with Crippen molar-refractivity contribution >= 4 is 0 Å². The van der Waals surface area contributed by atoms with Crippen LogP contribution < -0.4 is 0 Å². The largest absolute Gasteiger partial charge is 0.392 e. The molecule has 0 radical (unpaired) electrons.